The van der Waals surface area contributed by atoms with E-state index in [1.807, 2.05) is 39.0 Å². The van der Waals surface area contributed by atoms with Crippen LogP contribution in [-0.2, 0) is 0 Å². The van der Waals surface area contributed by atoms with E-state index in [2.05, 4.69) is 6.58 Å². The first-order chi connectivity index (χ1) is 7.02. The van der Waals surface area contributed by atoms with Gasteiger partial charge in [0.05, 0.1) is 6.10 Å². The van der Waals surface area contributed by atoms with E-state index in [0.29, 0.717) is 0 Å². The minimum absolute atomic E-state index is 0.358. The molecule has 1 N–H and O–H groups in total. The zero-order valence-corrected chi connectivity index (χ0v) is 9.88. The van der Waals surface area contributed by atoms with Crippen molar-refractivity contribution in [3.63, 3.8) is 0 Å². The van der Waals surface area contributed by atoms with Crippen LogP contribution in [0.2, 0.25) is 0 Å². The highest BCUT2D eigenvalue weighted by atomic mass is 16.3. The van der Waals surface area contributed by atoms with Crippen LogP contribution in [0.15, 0.2) is 30.4 Å². The molecule has 82 valence electrons. The van der Waals surface area contributed by atoms with Gasteiger partial charge in [-0.2, -0.15) is 0 Å². The lowest BCUT2D eigenvalue weighted by atomic mass is 9.94. The predicted octanol–water partition coefficient (Wildman–Crippen LogP) is 3.69. The van der Waals surface area contributed by atoms with E-state index in [1.165, 1.54) is 11.1 Å². The van der Waals surface area contributed by atoms with Crippen LogP contribution >= 0.6 is 0 Å². The smallest absolute Gasteiger partial charge is 0.0798 e. The summed E-state index contributed by atoms with van der Waals surface area (Å²) in [6, 6.07) is 6.12. The molecule has 0 radical (unpaired) electrons. The lowest BCUT2D eigenvalue weighted by molar-refractivity contribution is 0.166. The minimum atomic E-state index is -0.358. The summed E-state index contributed by atoms with van der Waals surface area (Å²) < 4.78 is 0. The molecular weight excluding hydrogens is 184 g/mol. The van der Waals surface area contributed by atoms with Crippen LogP contribution in [-0.4, -0.2) is 5.11 Å². The van der Waals surface area contributed by atoms with Gasteiger partial charge in [0.15, 0.2) is 0 Å². The number of hydrogen-bond donors (Lipinski definition) is 1. The molecule has 1 atom stereocenters. The standard InChI is InChI=1S/C14H20O/c1-10(2)8-9-13(15)14-11(3)6-5-7-12(14)4/h5-7,13,15H,1,8-9H2,2-4H3. The van der Waals surface area contributed by atoms with Gasteiger partial charge < -0.3 is 5.11 Å². The minimum Gasteiger partial charge on any atom is -0.388 e. The van der Waals surface area contributed by atoms with E-state index in [0.717, 1.165) is 24.0 Å². The summed E-state index contributed by atoms with van der Waals surface area (Å²) in [6.45, 7) is 9.95. The van der Waals surface area contributed by atoms with Crippen molar-refractivity contribution < 1.29 is 5.11 Å². The Morgan fingerprint density at radius 1 is 1.33 bits per heavy atom. The number of aliphatic hydroxyl groups excluding tert-OH is 1. The summed E-state index contributed by atoms with van der Waals surface area (Å²) in [5.41, 5.74) is 4.55. The maximum atomic E-state index is 10.1. The van der Waals surface area contributed by atoms with Crippen LogP contribution in [0.5, 0.6) is 0 Å². The van der Waals surface area contributed by atoms with Crippen LogP contribution in [0.25, 0.3) is 0 Å². The third-order valence-corrected chi connectivity index (χ3v) is 2.72. The number of aliphatic hydroxyl groups is 1. The molecule has 0 aliphatic heterocycles. The van der Waals surface area contributed by atoms with Gasteiger partial charge in [-0.3, -0.25) is 0 Å². The highest BCUT2D eigenvalue weighted by molar-refractivity contribution is 5.35. The number of hydrogen-bond acceptors (Lipinski definition) is 1. The molecule has 0 spiro atoms. The van der Waals surface area contributed by atoms with E-state index in [1.54, 1.807) is 0 Å². The van der Waals surface area contributed by atoms with Crippen LogP contribution in [0.4, 0.5) is 0 Å². The van der Waals surface area contributed by atoms with Crippen molar-refractivity contribution in [3.8, 4) is 0 Å². The van der Waals surface area contributed by atoms with Crippen molar-refractivity contribution in [2.75, 3.05) is 0 Å². The maximum Gasteiger partial charge on any atom is 0.0798 e. The van der Waals surface area contributed by atoms with Gasteiger partial charge in [0.1, 0.15) is 0 Å². The van der Waals surface area contributed by atoms with Crippen LogP contribution in [0, 0.1) is 13.8 Å². The molecule has 0 heterocycles. The fourth-order valence-electron chi connectivity index (χ4n) is 1.88. The Morgan fingerprint density at radius 2 is 1.87 bits per heavy atom. The largest absolute Gasteiger partial charge is 0.388 e. The molecule has 1 nitrogen and oxygen atoms in total. The summed E-state index contributed by atoms with van der Waals surface area (Å²) in [6.07, 6.45) is 1.29. The quantitative estimate of drug-likeness (QED) is 0.741. The van der Waals surface area contributed by atoms with E-state index < -0.39 is 0 Å². The van der Waals surface area contributed by atoms with Gasteiger partial charge in [-0.1, -0.05) is 23.8 Å². The molecular formula is C14H20O. The third-order valence-electron chi connectivity index (χ3n) is 2.72. The molecule has 0 aromatic heterocycles. The molecule has 0 fully saturated rings. The normalized spacial score (nSPS) is 12.5. The van der Waals surface area contributed by atoms with Gasteiger partial charge in [0, 0.05) is 0 Å². The molecule has 0 saturated carbocycles. The SMILES string of the molecule is C=C(C)CCC(O)c1c(C)cccc1C. The second-order valence-electron chi connectivity index (χ2n) is 4.32. The van der Waals surface area contributed by atoms with E-state index in [4.69, 9.17) is 0 Å². The fraction of sp³-hybridized carbons (Fsp3) is 0.429. The number of rotatable bonds is 4. The van der Waals surface area contributed by atoms with E-state index in [-0.39, 0.29) is 6.10 Å². The van der Waals surface area contributed by atoms with Crippen molar-refractivity contribution >= 4 is 0 Å². The Bertz CT molecular complexity index is 332. The summed E-state index contributed by atoms with van der Waals surface area (Å²) in [4.78, 5) is 0. The van der Waals surface area contributed by atoms with Crippen molar-refractivity contribution in [2.24, 2.45) is 0 Å². The molecule has 1 heteroatoms. The second kappa shape index (κ2) is 5.13. The average Bonchev–Trinajstić information content (AvgIpc) is 2.14. The van der Waals surface area contributed by atoms with Gasteiger partial charge in [0.2, 0.25) is 0 Å². The van der Waals surface area contributed by atoms with Gasteiger partial charge in [-0.15, -0.1) is 6.58 Å². The molecule has 1 unspecified atom stereocenters. The van der Waals surface area contributed by atoms with Crippen molar-refractivity contribution in [3.05, 3.63) is 47.0 Å². The molecule has 0 saturated heterocycles. The van der Waals surface area contributed by atoms with Crippen LogP contribution in [0.1, 0.15) is 42.6 Å². The van der Waals surface area contributed by atoms with Crippen LogP contribution < -0.4 is 0 Å². The van der Waals surface area contributed by atoms with Gasteiger partial charge >= 0.3 is 0 Å². The summed E-state index contributed by atoms with van der Waals surface area (Å²) >= 11 is 0. The first kappa shape index (κ1) is 12.0. The Kier molecular flexibility index (Phi) is 4.10. The first-order valence-electron chi connectivity index (χ1n) is 5.41. The molecule has 1 aromatic carbocycles. The second-order valence-corrected chi connectivity index (χ2v) is 4.32. The van der Waals surface area contributed by atoms with Gasteiger partial charge in [-0.25, -0.2) is 0 Å². The highest BCUT2D eigenvalue weighted by Gasteiger charge is 2.12. The Balaban J connectivity index is 2.81. The summed E-state index contributed by atoms with van der Waals surface area (Å²) in [7, 11) is 0. The molecule has 15 heavy (non-hydrogen) atoms. The molecule has 0 bridgehead atoms. The molecule has 1 aromatic rings. The van der Waals surface area contributed by atoms with Crippen LogP contribution in [0.3, 0.4) is 0 Å². The molecule has 0 amide bonds. The third kappa shape index (κ3) is 3.21. The van der Waals surface area contributed by atoms with E-state index in [9.17, 15) is 5.11 Å². The van der Waals surface area contributed by atoms with E-state index >= 15 is 0 Å². The lowest BCUT2D eigenvalue weighted by Crippen LogP contribution is -2.02. The Hall–Kier alpha value is -1.08. The van der Waals surface area contributed by atoms with Gasteiger partial charge in [-0.05, 0) is 50.3 Å². The lowest BCUT2D eigenvalue weighted by Gasteiger charge is -2.16. The number of aryl methyl sites for hydroxylation is 2. The Morgan fingerprint density at radius 3 is 2.33 bits per heavy atom. The summed E-state index contributed by atoms with van der Waals surface area (Å²) in [5.74, 6) is 0. The Labute approximate surface area is 92.5 Å². The number of benzene rings is 1. The van der Waals surface area contributed by atoms with Crippen molar-refractivity contribution in [1.29, 1.82) is 0 Å². The predicted molar refractivity (Wildman–Crippen MR) is 64.9 cm³/mol. The number of allylic oxidation sites excluding steroid dienone is 1. The zero-order valence-electron chi connectivity index (χ0n) is 9.88. The maximum absolute atomic E-state index is 10.1. The molecule has 1 rings (SSSR count). The summed E-state index contributed by atoms with van der Waals surface area (Å²) in [5, 5.41) is 10.1. The zero-order chi connectivity index (χ0) is 11.4. The van der Waals surface area contributed by atoms with Crippen molar-refractivity contribution in [1.82, 2.24) is 0 Å². The molecule has 0 aliphatic carbocycles. The topological polar surface area (TPSA) is 20.2 Å². The molecule has 0 aliphatic rings. The fourth-order valence-corrected chi connectivity index (χ4v) is 1.88. The van der Waals surface area contributed by atoms with Gasteiger partial charge in [0.25, 0.3) is 0 Å². The monoisotopic (exact) mass is 204 g/mol. The average molecular weight is 204 g/mol. The van der Waals surface area contributed by atoms with Crippen molar-refractivity contribution in [2.45, 2.75) is 39.7 Å². The highest BCUT2D eigenvalue weighted by Crippen LogP contribution is 2.26. The first-order valence-corrected chi connectivity index (χ1v) is 5.41.